The van der Waals surface area contributed by atoms with Crippen LogP contribution in [0.2, 0.25) is 0 Å². The maximum absolute atomic E-state index is 13.0. The van der Waals surface area contributed by atoms with Crippen molar-refractivity contribution in [2.45, 2.75) is 26.3 Å². The summed E-state index contributed by atoms with van der Waals surface area (Å²) in [6.07, 6.45) is 0.839. The van der Waals surface area contributed by atoms with Gasteiger partial charge in [0.2, 0.25) is 0 Å². The van der Waals surface area contributed by atoms with Crippen LogP contribution in [0.25, 0.3) is 0 Å². The first kappa shape index (κ1) is 21.3. The van der Waals surface area contributed by atoms with Crippen LogP contribution in [0.1, 0.15) is 29.7 Å². The number of para-hydroxylation sites is 1. The lowest BCUT2D eigenvalue weighted by Crippen LogP contribution is -2.89. The number of aryl methyl sites for hydroxylation is 2. The van der Waals surface area contributed by atoms with Gasteiger partial charge < -0.3 is 16.0 Å². The van der Waals surface area contributed by atoms with Gasteiger partial charge in [0.1, 0.15) is 0 Å². The fraction of sp³-hybridized carbons (Fsp3) is 0.200. The monoisotopic (exact) mass is 402 g/mol. The predicted molar refractivity (Wildman–Crippen MR) is 120 cm³/mol. The molecular formula is C25H28N3O2+. The van der Waals surface area contributed by atoms with Gasteiger partial charge in [-0.1, -0.05) is 73.2 Å². The number of carbonyl (C=O) groups is 2. The third kappa shape index (κ3) is 5.78. The molecule has 0 radical (unpaired) electrons. The maximum Gasteiger partial charge on any atom is 0.287 e. The van der Waals surface area contributed by atoms with Gasteiger partial charge in [0.15, 0.2) is 12.6 Å². The number of rotatable bonds is 8. The summed E-state index contributed by atoms with van der Waals surface area (Å²) in [5, 5.41) is 7.69. The van der Waals surface area contributed by atoms with Crippen LogP contribution in [-0.4, -0.2) is 18.4 Å². The molecule has 0 aliphatic heterocycles. The summed E-state index contributed by atoms with van der Waals surface area (Å²) >= 11 is 0. The Balaban J connectivity index is 1.69. The summed E-state index contributed by atoms with van der Waals surface area (Å²) in [4.78, 5) is 25.6. The maximum atomic E-state index is 13.0. The number of benzene rings is 3. The third-order valence-electron chi connectivity index (χ3n) is 4.97. The van der Waals surface area contributed by atoms with Gasteiger partial charge in [-0.25, -0.2) is 0 Å². The normalized spacial score (nSPS) is 11.5. The molecule has 0 spiro atoms. The highest BCUT2D eigenvalue weighted by Gasteiger charge is 2.25. The lowest BCUT2D eigenvalue weighted by molar-refractivity contribution is -0.671. The first-order valence-electron chi connectivity index (χ1n) is 10.2. The van der Waals surface area contributed by atoms with Crippen molar-refractivity contribution in [2.75, 3.05) is 17.2 Å². The van der Waals surface area contributed by atoms with Crippen molar-refractivity contribution >= 4 is 23.2 Å². The number of amides is 2. The summed E-state index contributed by atoms with van der Waals surface area (Å²) in [6, 6.07) is 24.4. The average Bonchev–Trinajstić information content (AvgIpc) is 2.76. The van der Waals surface area contributed by atoms with Crippen molar-refractivity contribution in [3.8, 4) is 0 Å². The van der Waals surface area contributed by atoms with Crippen LogP contribution in [0.4, 0.5) is 11.4 Å². The van der Waals surface area contributed by atoms with E-state index in [4.69, 9.17) is 0 Å². The van der Waals surface area contributed by atoms with Crippen LogP contribution < -0.4 is 16.0 Å². The lowest BCUT2D eigenvalue weighted by atomic mass is 10.1. The second-order valence-corrected chi connectivity index (χ2v) is 7.24. The predicted octanol–water partition coefficient (Wildman–Crippen LogP) is 3.44. The molecule has 0 unspecified atom stereocenters. The molecule has 0 saturated carbocycles. The topological polar surface area (TPSA) is 74.8 Å². The number of nitrogens with two attached hydrogens (primary N) is 1. The minimum absolute atomic E-state index is 0.138. The second-order valence-electron chi connectivity index (χ2n) is 7.24. The van der Waals surface area contributed by atoms with Crippen molar-refractivity contribution in [1.29, 1.82) is 0 Å². The molecule has 0 aromatic heterocycles. The van der Waals surface area contributed by atoms with E-state index in [0.717, 1.165) is 34.5 Å². The number of hydrogen-bond donors (Lipinski definition) is 3. The molecule has 5 heteroatoms. The molecule has 1 atom stereocenters. The van der Waals surface area contributed by atoms with Gasteiger partial charge in [0, 0.05) is 16.9 Å². The smallest absolute Gasteiger partial charge is 0.287 e. The second kappa shape index (κ2) is 10.4. The lowest BCUT2D eigenvalue weighted by Gasteiger charge is -2.16. The first-order valence-corrected chi connectivity index (χ1v) is 10.2. The Kier molecular flexibility index (Phi) is 7.35. The highest BCUT2D eigenvalue weighted by atomic mass is 16.2. The molecule has 3 aromatic rings. The Labute approximate surface area is 177 Å². The molecule has 30 heavy (non-hydrogen) atoms. The van der Waals surface area contributed by atoms with Crippen LogP contribution in [0.3, 0.4) is 0 Å². The average molecular weight is 403 g/mol. The van der Waals surface area contributed by atoms with Crippen molar-refractivity contribution < 1.29 is 14.9 Å². The van der Waals surface area contributed by atoms with Gasteiger partial charge in [-0.15, -0.1) is 0 Å². The quantitative estimate of drug-likeness (QED) is 0.540. The Morgan fingerprint density at radius 1 is 0.867 bits per heavy atom. The molecule has 2 amide bonds. The van der Waals surface area contributed by atoms with Gasteiger partial charge in [-0.05, 0) is 37.1 Å². The molecule has 5 nitrogen and oxygen atoms in total. The zero-order valence-electron chi connectivity index (χ0n) is 17.4. The van der Waals surface area contributed by atoms with E-state index in [-0.39, 0.29) is 18.4 Å². The molecule has 0 aliphatic rings. The number of hydrogen-bond acceptors (Lipinski definition) is 2. The molecule has 4 N–H and O–H groups in total. The third-order valence-corrected chi connectivity index (χ3v) is 4.97. The molecule has 3 aromatic carbocycles. The Bertz CT molecular complexity index is 985. The number of nitrogens with one attached hydrogen (secondary N) is 2. The van der Waals surface area contributed by atoms with E-state index in [2.05, 4.69) is 17.6 Å². The molecule has 0 aliphatic carbocycles. The minimum atomic E-state index is -0.528. The van der Waals surface area contributed by atoms with Crippen LogP contribution in [0.15, 0.2) is 78.9 Å². The highest BCUT2D eigenvalue weighted by molar-refractivity contribution is 5.95. The van der Waals surface area contributed by atoms with E-state index in [1.807, 2.05) is 85.8 Å². The molecule has 0 heterocycles. The summed E-state index contributed by atoms with van der Waals surface area (Å²) < 4.78 is 0. The largest absolute Gasteiger partial charge is 0.324 e. The summed E-state index contributed by atoms with van der Waals surface area (Å²) in [6.45, 7) is 4.19. The molecule has 0 bridgehead atoms. The van der Waals surface area contributed by atoms with Crippen LogP contribution in [0.5, 0.6) is 0 Å². The van der Waals surface area contributed by atoms with E-state index in [1.54, 1.807) is 5.32 Å². The summed E-state index contributed by atoms with van der Waals surface area (Å²) in [5.41, 5.74) is 4.62. The van der Waals surface area contributed by atoms with Gasteiger partial charge in [-0.3, -0.25) is 9.59 Å². The van der Waals surface area contributed by atoms with Crippen molar-refractivity contribution in [2.24, 2.45) is 0 Å². The van der Waals surface area contributed by atoms with Gasteiger partial charge in [0.25, 0.3) is 11.8 Å². The fourth-order valence-electron chi connectivity index (χ4n) is 3.29. The SMILES string of the molecule is CCc1ccccc1NC(=O)C[NH2+][C@@H](C(=O)Nc1ccc(C)cc1)c1ccccc1. The molecule has 154 valence electrons. The van der Waals surface area contributed by atoms with Crippen molar-refractivity contribution in [1.82, 2.24) is 0 Å². The van der Waals surface area contributed by atoms with E-state index in [1.165, 1.54) is 0 Å². The first-order chi connectivity index (χ1) is 14.6. The number of quaternary nitrogens is 1. The van der Waals surface area contributed by atoms with Crippen molar-refractivity contribution in [3.05, 3.63) is 95.6 Å². The Morgan fingerprint density at radius 2 is 1.53 bits per heavy atom. The van der Waals surface area contributed by atoms with E-state index < -0.39 is 6.04 Å². The number of anilines is 2. The van der Waals surface area contributed by atoms with Gasteiger partial charge in [-0.2, -0.15) is 0 Å². The van der Waals surface area contributed by atoms with Crippen LogP contribution in [0, 0.1) is 6.92 Å². The summed E-state index contributed by atoms with van der Waals surface area (Å²) in [7, 11) is 0. The number of carbonyl (C=O) groups excluding carboxylic acids is 2. The van der Waals surface area contributed by atoms with Gasteiger partial charge >= 0.3 is 0 Å². The van der Waals surface area contributed by atoms with E-state index in [9.17, 15) is 9.59 Å². The standard InChI is InChI=1S/C25H27N3O2/c1-3-19-9-7-8-12-22(19)28-23(29)17-26-24(20-10-5-4-6-11-20)25(30)27-21-15-13-18(2)14-16-21/h4-16,24,26H,3,17H2,1-2H3,(H,27,30)(H,28,29)/p+1/t24-/m1/s1. The van der Waals surface area contributed by atoms with Crippen LogP contribution in [-0.2, 0) is 16.0 Å². The molecule has 0 fully saturated rings. The minimum Gasteiger partial charge on any atom is -0.324 e. The van der Waals surface area contributed by atoms with E-state index in [0.29, 0.717) is 0 Å². The zero-order valence-corrected chi connectivity index (χ0v) is 17.4. The highest BCUT2D eigenvalue weighted by Crippen LogP contribution is 2.16. The van der Waals surface area contributed by atoms with Crippen LogP contribution >= 0.6 is 0 Å². The molecule has 3 rings (SSSR count). The Morgan fingerprint density at radius 3 is 2.23 bits per heavy atom. The molecular weight excluding hydrogens is 374 g/mol. The zero-order chi connectivity index (χ0) is 21.3. The Hall–Kier alpha value is -3.44. The fourth-order valence-corrected chi connectivity index (χ4v) is 3.29. The van der Waals surface area contributed by atoms with E-state index >= 15 is 0 Å². The molecule has 0 saturated heterocycles. The van der Waals surface area contributed by atoms with Gasteiger partial charge in [0.05, 0.1) is 0 Å². The van der Waals surface area contributed by atoms with Crippen molar-refractivity contribution in [3.63, 3.8) is 0 Å². The summed E-state index contributed by atoms with van der Waals surface area (Å²) in [5.74, 6) is -0.299.